The van der Waals surface area contributed by atoms with E-state index in [4.69, 9.17) is 25.6 Å². The number of aromatic nitrogens is 2. The summed E-state index contributed by atoms with van der Waals surface area (Å²) in [6, 6.07) is 11.2. The largest absolute Gasteiger partial charge is 0.496 e. The lowest BCUT2D eigenvalue weighted by atomic mass is 10.2. The van der Waals surface area contributed by atoms with Crippen LogP contribution in [0.15, 0.2) is 47.0 Å². The molecule has 0 bridgehead atoms. The normalized spacial score (nSPS) is 10.5. The maximum absolute atomic E-state index is 11.1. The molecule has 1 aromatic heterocycles. The minimum absolute atomic E-state index is 0.0806. The summed E-state index contributed by atoms with van der Waals surface area (Å²) in [4.78, 5) is 14.8. The van der Waals surface area contributed by atoms with Crippen LogP contribution in [0.3, 0.4) is 0 Å². The van der Waals surface area contributed by atoms with E-state index >= 15 is 0 Å². The van der Waals surface area contributed by atoms with Gasteiger partial charge in [0, 0.05) is 10.6 Å². The first kappa shape index (κ1) is 16.7. The minimum atomic E-state index is -0.551. The van der Waals surface area contributed by atoms with E-state index in [1.165, 1.54) is 19.2 Å². The number of ether oxygens (including phenoxy) is 2. The van der Waals surface area contributed by atoms with Crippen molar-refractivity contribution in [3.05, 3.63) is 63.5 Å². The third-order valence-corrected chi connectivity index (χ3v) is 3.54. The fourth-order valence-corrected chi connectivity index (χ4v) is 2.18. The number of nitro groups is 1. The van der Waals surface area contributed by atoms with Crippen molar-refractivity contribution in [2.75, 3.05) is 7.11 Å². The highest BCUT2D eigenvalue weighted by Gasteiger charge is 2.18. The third-order valence-electron chi connectivity index (χ3n) is 3.28. The van der Waals surface area contributed by atoms with Crippen LogP contribution in [0.4, 0.5) is 5.69 Å². The molecule has 0 amide bonds. The Morgan fingerprint density at radius 2 is 2.00 bits per heavy atom. The van der Waals surface area contributed by atoms with E-state index in [9.17, 15) is 10.1 Å². The van der Waals surface area contributed by atoms with Gasteiger partial charge in [0.2, 0.25) is 5.82 Å². The summed E-state index contributed by atoms with van der Waals surface area (Å²) in [7, 11) is 1.43. The molecule has 0 spiro atoms. The maximum atomic E-state index is 11.1. The summed E-state index contributed by atoms with van der Waals surface area (Å²) >= 11 is 5.84. The van der Waals surface area contributed by atoms with Crippen LogP contribution in [0.5, 0.6) is 11.5 Å². The van der Waals surface area contributed by atoms with Crippen LogP contribution in [-0.2, 0) is 6.61 Å². The summed E-state index contributed by atoms with van der Waals surface area (Å²) in [5.41, 5.74) is 0.520. The topological polar surface area (TPSA) is 101 Å². The van der Waals surface area contributed by atoms with Gasteiger partial charge in [-0.2, -0.15) is 4.98 Å². The van der Waals surface area contributed by atoms with Crippen molar-refractivity contribution in [3.63, 3.8) is 0 Å². The summed E-state index contributed by atoms with van der Waals surface area (Å²) in [5.74, 6) is 1.01. The van der Waals surface area contributed by atoms with Crippen molar-refractivity contribution < 1.29 is 18.9 Å². The van der Waals surface area contributed by atoms with E-state index in [-0.39, 0.29) is 23.9 Å². The minimum Gasteiger partial charge on any atom is -0.496 e. The van der Waals surface area contributed by atoms with Gasteiger partial charge in [0.25, 0.3) is 5.89 Å². The number of nitro benzene ring substituents is 1. The molecule has 0 radical (unpaired) electrons. The summed E-state index contributed by atoms with van der Waals surface area (Å²) in [5, 5.41) is 15.6. The second-order valence-corrected chi connectivity index (χ2v) is 5.33. The molecule has 0 atom stereocenters. The van der Waals surface area contributed by atoms with Gasteiger partial charge in [-0.3, -0.25) is 10.1 Å². The maximum Gasteiger partial charge on any atom is 0.314 e. The second kappa shape index (κ2) is 7.18. The predicted molar refractivity (Wildman–Crippen MR) is 88.7 cm³/mol. The lowest BCUT2D eigenvalue weighted by molar-refractivity contribution is -0.386. The first-order valence-electron chi connectivity index (χ1n) is 7.10. The molecule has 2 aromatic carbocycles. The highest BCUT2D eigenvalue weighted by atomic mass is 35.5. The molecule has 128 valence electrons. The highest BCUT2D eigenvalue weighted by Crippen LogP contribution is 2.31. The standard InChI is InChI=1S/C16H12ClN3O5/c1-23-12-6-7-14(13(8-12)20(21)22)24-9-15-18-16(19-25-15)10-2-4-11(17)5-3-10/h2-8H,9H2,1H3. The molecule has 3 aromatic rings. The monoisotopic (exact) mass is 361 g/mol. The Hall–Kier alpha value is -3.13. The Labute approximate surface area is 147 Å². The molecule has 0 fully saturated rings. The van der Waals surface area contributed by atoms with Crippen molar-refractivity contribution in [2.45, 2.75) is 6.61 Å². The molecule has 0 aliphatic rings. The number of rotatable bonds is 6. The molecular formula is C16H12ClN3O5. The van der Waals surface area contributed by atoms with Crippen molar-refractivity contribution in [1.29, 1.82) is 0 Å². The second-order valence-electron chi connectivity index (χ2n) is 4.90. The number of methoxy groups -OCH3 is 1. The first-order chi connectivity index (χ1) is 12.1. The van der Waals surface area contributed by atoms with Crippen molar-refractivity contribution in [1.82, 2.24) is 10.1 Å². The molecule has 3 rings (SSSR count). The van der Waals surface area contributed by atoms with Gasteiger partial charge in [-0.1, -0.05) is 16.8 Å². The number of hydrogen-bond donors (Lipinski definition) is 0. The van der Waals surface area contributed by atoms with Crippen LogP contribution in [0.25, 0.3) is 11.4 Å². The Bertz CT molecular complexity index is 895. The molecule has 0 aliphatic carbocycles. The van der Waals surface area contributed by atoms with Gasteiger partial charge in [-0.25, -0.2) is 0 Å². The Morgan fingerprint density at radius 3 is 2.68 bits per heavy atom. The molecule has 8 nitrogen and oxygen atoms in total. The van der Waals surface area contributed by atoms with Crippen LogP contribution in [0.2, 0.25) is 5.02 Å². The lowest BCUT2D eigenvalue weighted by Gasteiger charge is -2.05. The number of benzene rings is 2. The summed E-state index contributed by atoms with van der Waals surface area (Å²) < 4.78 is 15.5. The first-order valence-corrected chi connectivity index (χ1v) is 7.48. The quantitative estimate of drug-likeness (QED) is 0.485. The van der Waals surface area contributed by atoms with Gasteiger partial charge in [0.15, 0.2) is 12.4 Å². The average molecular weight is 362 g/mol. The third kappa shape index (κ3) is 3.86. The number of hydrogen-bond acceptors (Lipinski definition) is 7. The average Bonchev–Trinajstić information content (AvgIpc) is 3.09. The zero-order valence-electron chi connectivity index (χ0n) is 13.0. The van der Waals surface area contributed by atoms with E-state index in [2.05, 4.69) is 10.1 Å². The molecule has 0 unspecified atom stereocenters. The Kier molecular flexibility index (Phi) is 4.80. The van der Waals surface area contributed by atoms with Gasteiger partial charge in [0.05, 0.1) is 18.1 Å². The Morgan fingerprint density at radius 1 is 1.24 bits per heavy atom. The van der Waals surface area contributed by atoms with Crippen LogP contribution >= 0.6 is 11.6 Å². The van der Waals surface area contributed by atoms with Crippen molar-refractivity contribution in [3.8, 4) is 22.9 Å². The SMILES string of the molecule is COc1ccc(OCc2nc(-c3ccc(Cl)cc3)no2)c([N+](=O)[O-])c1. The Balaban J connectivity index is 1.74. The van der Waals surface area contributed by atoms with Crippen LogP contribution in [0.1, 0.15) is 5.89 Å². The van der Waals surface area contributed by atoms with E-state index < -0.39 is 4.92 Å². The van der Waals surface area contributed by atoms with Crippen molar-refractivity contribution in [2.24, 2.45) is 0 Å². The van der Waals surface area contributed by atoms with Crippen LogP contribution in [-0.4, -0.2) is 22.2 Å². The molecule has 0 saturated carbocycles. The molecule has 1 heterocycles. The summed E-state index contributed by atoms with van der Waals surface area (Å²) in [6.45, 7) is -0.103. The molecule has 0 saturated heterocycles. The van der Waals surface area contributed by atoms with Crippen LogP contribution < -0.4 is 9.47 Å². The van der Waals surface area contributed by atoms with Crippen LogP contribution in [0, 0.1) is 10.1 Å². The zero-order valence-corrected chi connectivity index (χ0v) is 13.8. The predicted octanol–water partition coefficient (Wildman–Crippen LogP) is 3.89. The van der Waals surface area contributed by atoms with E-state index in [0.29, 0.717) is 16.6 Å². The highest BCUT2D eigenvalue weighted by molar-refractivity contribution is 6.30. The van der Waals surface area contributed by atoms with Gasteiger partial charge in [-0.05, 0) is 36.4 Å². The van der Waals surface area contributed by atoms with E-state index in [1.807, 2.05) is 0 Å². The smallest absolute Gasteiger partial charge is 0.314 e. The van der Waals surface area contributed by atoms with E-state index in [1.54, 1.807) is 30.3 Å². The molecule has 0 N–H and O–H groups in total. The zero-order chi connectivity index (χ0) is 17.8. The van der Waals surface area contributed by atoms with Crippen molar-refractivity contribution >= 4 is 17.3 Å². The van der Waals surface area contributed by atoms with E-state index in [0.717, 1.165) is 5.56 Å². The fourth-order valence-electron chi connectivity index (χ4n) is 2.06. The van der Waals surface area contributed by atoms with Gasteiger partial charge < -0.3 is 14.0 Å². The lowest BCUT2D eigenvalue weighted by Crippen LogP contribution is -2.00. The molecule has 25 heavy (non-hydrogen) atoms. The summed E-state index contributed by atoms with van der Waals surface area (Å²) in [6.07, 6.45) is 0. The van der Waals surface area contributed by atoms with Gasteiger partial charge >= 0.3 is 5.69 Å². The molecule has 0 aliphatic heterocycles. The number of halogens is 1. The molecule has 9 heteroatoms. The fraction of sp³-hybridized carbons (Fsp3) is 0.125. The molecular weight excluding hydrogens is 350 g/mol. The van der Waals surface area contributed by atoms with Gasteiger partial charge in [-0.15, -0.1) is 0 Å². The number of nitrogens with zero attached hydrogens (tertiary/aromatic N) is 3. The van der Waals surface area contributed by atoms with Gasteiger partial charge in [0.1, 0.15) is 5.75 Å².